The summed E-state index contributed by atoms with van der Waals surface area (Å²) in [6.45, 7) is 6.67. The number of piperazine rings is 1. The minimum Gasteiger partial charge on any atom is -0.350 e. The average Bonchev–Trinajstić information content (AvgIpc) is 3.20. The monoisotopic (exact) mass is 361 g/mol. The van der Waals surface area contributed by atoms with E-state index in [2.05, 4.69) is 41.6 Å². The fourth-order valence-corrected chi connectivity index (χ4v) is 3.19. The first kappa shape index (κ1) is 16.9. The van der Waals surface area contributed by atoms with Gasteiger partial charge in [-0.2, -0.15) is 15.0 Å². The van der Waals surface area contributed by atoms with Gasteiger partial charge >= 0.3 is 0 Å². The Morgan fingerprint density at radius 1 is 0.926 bits per heavy atom. The van der Waals surface area contributed by atoms with Gasteiger partial charge in [0.15, 0.2) is 5.82 Å². The van der Waals surface area contributed by atoms with E-state index in [0.717, 1.165) is 30.0 Å². The smallest absolute Gasteiger partial charge is 0.250 e. The molecule has 9 heteroatoms. The first-order chi connectivity index (χ1) is 13.2. The predicted molar refractivity (Wildman–Crippen MR) is 99.8 cm³/mol. The molecule has 0 saturated carbocycles. The lowest BCUT2D eigenvalue weighted by molar-refractivity contribution is 0.622. The zero-order valence-corrected chi connectivity index (χ0v) is 15.2. The highest BCUT2D eigenvalue weighted by atomic mass is 15.6. The summed E-state index contributed by atoms with van der Waals surface area (Å²) in [5, 5.41) is 30.2. The molecule has 0 bridgehead atoms. The molecule has 0 aliphatic carbocycles. The van der Waals surface area contributed by atoms with E-state index in [1.165, 1.54) is 0 Å². The summed E-state index contributed by atoms with van der Waals surface area (Å²) in [6, 6.07) is 12.1. The number of nitriles is 1. The molecule has 1 aliphatic rings. The third-order valence-electron chi connectivity index (χ3n) is 4.86. The SMILES string of the molecule is Cc1nnc(N2CCN(c3nnnn3-c3ccccc3)CC2)c(C#N)c1C. The van der Waals surface area contributed by atoms with Crippen LogP contribution in [0, 0.1) is 25.2 Å². The third kappa shape index (κ3) is 3.06. The molecule has 3 aromatic rings. The number of aromatic nitrogens is 6. The van der Waals surface area contributed by atoms with Crippen LogP contribution in [0.1, 0.15) is 16.8 Å². The van der Waals surface area contributed by atoms with E-state index in [0.29, 0.717) is 30.4 Å². The number of nitrogens with zero attached hydrogens (tertiary/aromatic N) is 9. The quantitative estimate of drug-likeness (QED) is 0.687. The normalized spacial score (nSPS) is 14.3. The molecule has 0 unspecified atom stereocenters. The van der Waals surface area contributed by atoms with Crippen LogP contribution in [0.15, 0.2) is 30.3 Å². The van der Waals surface area contributed by atoms with Gasteiger partial charge in [0.2, 0.25) is 5.95 Å². The highest BCUT2D eigenvalue weighted by Crippen LogP contribution is 2.24. The van der Waals surface area contributed by atoms with Gasteiger partial charge in [0.05, 0.1) is 11.4 Å². The number of anilines is 2. The van der Waals surface area contributed by atoms with Gasteiger partial charge in [0.25, 0.3) is 0 Å². The summed E-state index contributed by atoms with van der Waals surface area (Å²) in [5.74, 6) is 1.37. The van der Waals surface area contributed by atoms with Crippen LogP contribution in [0.2, 0.25) is 0 Å². The van der Waals surface area contributed by atoms with Crippen LogP contribution in [0.4, 0.5) is 11.8 Å². The molecule has 1 saturated heterocycles. The van der Waals surface area contributed by atoms with Crippen molar-refractivity contribution >= 4 is 11.8 Å². The topological polar surface area (TPSA) is 99.7 Å². The van der Waals surface area contributed by atoms with Crippen molar-refractivity contribution in [1.82, 2.24) is 30.4 Å². The van der Waals surface area contributed by atoms with Crippen LogP contribution in [-0.2, 0) is 0 Å². The maximum absolute atomic E-state index is 9.53. The van der Waals surface area contributed by atoms with Crippen LogP contribution < -0.4 is 9.80 Å². The molecule has 0 N–H and O–H groups in total. The lowest BCUT2D eigenvalue weighted by atomic mass is 10.1. The molecule has 1 fully saturated rings. The third-order valence-corrected chi connectivity index (χ3v) is 4.86. The lowest BCUT2D eigenvalue weighted by Crippen LogP contribution is -2.48. The molecule has 9 nitrogen and oxygen atoms in total. The Morgan fingerprint density at radius 2 is 1.63 bits per heavy atom. The fourth-order valence-electron chi connectivity index (χ4n) is 3.19. The van der Waals surface area contributed by atoms with Crippen molar-refractivity contribution in [2.24, 2.45) is 0 Å². The van der Waals surface area contributed by atoms with Gasteiger partial charge < -0.3 is 9.80 Å². The van der Waals surface area contributed by atoms with Gasteiger partial charge in [-0.25, -0.2) is 0 Å². The minimum absolute atomic E-state index is 0.602. The molecule has 0 radical (unpaired) electrons. The zero-order valence-electron chi connectivity index (χ0n) is 15.2. The molecular weight excluding hydrogens is 342 g/mol. The molecule has 1 aliphatic heterocycles. The number of hydrogen-bond donors (Lipinski definition) is 0. The minimum atomic E-state index is 0.602. The Balaban J connectivity index is 1.54. The maximum atomic E-state index is 9.53. The fraction of sp³-hybridized carbons (Fsp3) is 0.333. The first-order valence-electron chi connectivity index (χ1n) is 8.76. The summed E-state index contributed by atoms with van der Waals surface area (Å²) in [5.41, 5.74) is 3.20. The Bertz CT molecular complexity index is 982. The first-order valence-corrected chi connectivity index (χ1v) is 8.76. The molecule has 3 heterocycles. The van der Waals surface area contributed by atoms with Crippen molar-refractivity contribution < 1.29 is 0 Å². The van der Waals surface area contributed by atoms with Crippen molar-refractivity contribution in [3.63, 3.8) is 0 Å². The van der Waals surface area contributed by atoms with E-state index < -0.39 is 0 Å². The Hall–Kier alpha value is -3.54. The maximum Gasteiger partial charge on any atom is 0.250 e. The average molecular weight is 361 g/mol. The van der Waals surface area contributed by atoms with Crippen LogP contribution >= 0.6 is 0 Å². The summed E-state index contributed by atoms with van der Waals surface area (Å²) in [7, 11) is 0. The summed E-state index contributed by atoms with van der Waals surface area (Å²) >= 11 is 0. The number of para-hydroxylation sites is 1. The van der Waals surface area contributed by atoms with Crippen molar-refractivity contribution in [2.45, 2.75) is 13.8 Å². The number of benzene rings is 1. The second-order valence-corrected chi connectivity index (χ2v) is 6.42. The highest BCUT2D eigenvalue weighted by Gasteiger charge is 2.25. The van der Waals surface area contributed by atoms with E-state index in [-0.39, 0.29) is 0 Å². The zero-order chi connectivity index (χ0) is 18.8. The second-order valence-electron chi connectivity index (χ2n) is 6.42. The number of hydrogen-bond acceptors (Lipinski definition) is 8. The summed E-state index contributed by atoms with van der Waals surface area (Å²) in [4.78, 5) is 4.25. The van der Waals surface area contributed by atoms with E-state index in [9.17, 15) is 5.26 Å². The predicted octanol–water partition coefficient (Wildman–Crippen LogP) is 1.27. The summed E-state index contributed by atoms with van der Waals surface area (Å²) in [6.07, 6.45) is 0. The van der Waals surface area contributed by atoms with Crippen LogP contribution in [-0.4, -0.2) is 56.6 Å². The van der Waals surface area contributed by atoms with Gasteiger partial charge in [-0.1, -0.05) is 23.3 Å². The van der Waals surface area contributed by atoms with Crippen molar-refractivity contribution in [3.8, 4) is 11.8 Å². The van der Waals surface area contributed by atoms with Gasteiger partial charge in [0, 0.05) is 26.2 Å². The highest BCUT2D eigenvalue weighted by molar-refractivity contribution is 5.58. The van der Waals surface area contributed by atoms with Crippen LogP contribution in [0.3, 0.4) is 0 Å². The van der Waals surface area contributed by atoms with Crippen molar-refractivity contribution in [3.05, 3.63) is 47.2 Å². The molecule has 4 rings (SSSR count). The largest absolute Gasteiger partial charge is 0.350 e. The molecular formula is C18H19N9. The van der Waals surface area contributed by atoms with Crippen LogP contribution in [0.25, 0.3) is 5.69 Å². The van der Waals surface area contributed by atoms with Crippen LogP contribution in [0.5, 0.6) is 0 Å². The second kappa shape index (κ2) is 6.99. The van der Waals surface area contributed by atoms with E-state index >= 15 is 0 Å². The molecule has 0 atom stereocenters. The molecule has 0 spiro atoms. The molecule has 1 aromatic carbocycles. The standard InChI is InChI=1S/C18H19N9/c1-13-14(2)20-21-17(16(13)12-19)25-8-10-26(11-9-25)18-22-23-24-27(18)15-6-4-3-5-7-15/h3-7H,8-11H2,1-2H3. The molecule has 0 amide bonds. The van der Waals surface area contributed by atoms with E-state index in [4.69, 9.17) is 0 Å². The Labute approximate surface area is 156 Å². The molecule has 2 aromatic heterocycles. The Kier molecular flexibility index (Phi) is 4.38. The van der Waals surface area contributed by atoms with E-state index in [1.807, 2.05) is 44.2 Å². The number of rotatable bonds is 3. The number of tetrazole rings is 1. The van der Waals surface area contributed by atoms with E-state index in [1.54, 1.807) is 4.68 Å². The van der Waals surface area contributed by atoms with Crippen molar-refractivity contribution in [1.29, 1.82) is 5.26 Å². The van der Waals surface area contributed by atoms with Crippen molar-refractivity contribution in [2.75, 3.05) is 36.0 Å². The number of aryl methyl sites for hydroxylation is 1. The van der Waals surface area contributed by atoms with Gasteiger partial charge in [-0.3, -0.25) is 0 Å². The van der Waals surface area contributed by atoms with Gasteiger partial charge in [-0.05, 0) is 42.0 Å². The van der Waals surface area contributed by atoms with Gasteiger partial charge in [0.1, 0.15) is 11.6 Å². The Morgan fingerprint density at radius 3 is 2.33 bits per heavy atom. The van der Waals surface area contributed by atoms with Gasteiger partial charge in [-0.15, -0.1) is 5.10 Å². The summed E-state index contributed by atoms with van der Waals surface area (Å²) < 4.78 is 1.74. The molecule has 136 valence electrons. The lowest BCUT2D eigenvalue weighted by Gasteiger charge is -2.35. The molecule has 27 heavy (non-hydrogen) atoms.